The van der Waals surface area contributed by atoms with Crippen LogP contribution < -0.4 is 9.64 Å². The van der Waals surface area contributed by atoms with E-state index in [1.165, 1.54) is 0 Å². The number of amides is 1. The highest BCUT2D eigenvalue weighted by Crippen LogP contribution is 2.23. The van der Waals surface area contributed by atoms with Crippen molar-refractivity contribution in [3.63, 3.8) is 0 Å². The second-order valence-corrected chi connectivity index (χ2v) is 8.17. The van der Waals surface area contributed by atoms with E-state index in [2.05, 4.69) is 14.9 Å². The van der Waals surface area contributed by atoms with Gasteiger partial charge in [0.15, 0.2) is 0 Å². The Labute approximate surface area is 189 Å². The summed E-state index contributed by atoms with van der Waals surface area (Å²) in [5.74, 6) is 2.05. The maximum Gasteiger partial charge on any atom is 0.222 e. The zero-order chi connectivity index (χ0) is 22.3. The highest BCUT2D eigenvalue weighted by Gasteiger charge is 2.22. The van der Waals surface area contributed by atoms with E-state index in [0.29, 0.717) is 26.1 Å². The molecule has 1 fully saturated rings. The lowest BCUT2D eigenvalue weighted by Gasteiger charge is -2.35. The Kier molecular flexibility index (Phi) is 7.00. The van der Waals surface area contributed by atoms with Crippen LogP contribution in [0.5, 0.6) is 5.75 Å². The van der Waals surface area contributed by atoms with Crippen molar-refractivity contribution in [2.75, 3.05) is 37.7 Å². The number of para-hydroxylation sites is 1. The number of piperazine rings is 1. The standard InChI is InChI=1S/C26H30N4O2/c1-20-8-6-9-21(2)26(20)32-17-7-12-25(31)30-15-13-29(14-16-30)24-18-23(27-19-28-24)22-10-4-3-5-11-22/h3-6,8-11,18-19H,7,12-17H2,1-2H3. The minimum atomic E-state index is 0.197. The summed E-state index contributed by atoms with van der Waals surface area (Å²) < 4.78 is 5.93. The molecule has 0 aliphatic carbocycles. The molecule has 1 amide bonds. The van der Waals surface area contributed by atoms with Crippen molar-refractivity contribution in [1.29, 1.82) is 0 Å². The third kappa shape index (κ3) is 5.25. The molecule has 6 nitrogen and oxygen atoms in total. The number of anilines is 1. The smallest absolute Gasteiger partial charge is 0.222 e. The van der Waals surface area contributed by atoms with Crippen LogP contribution in [0.1, 0.15) is 24.0 Å². The number of rotatable bonds is 7. The van der Waals surface area contributed by atoms with E-state index in [-0.39, 0.29) is 5.91 Å². The van der Waals surface area contributed by atoms with Crippen LogP contribution in [0.4, 0.5) is 5.82 Å². The molecule has 1 aliphatic heterocycles. The van der Waals surface area contributed by atoms with Gasteiger partial charge in [-0.3, -0.25) is 4.79 Å². The molecule has 0 spiro atoms. The summed E-state index contributed by atoms with van der Waals surface area (Å²) in [6.07, 6.45) is 2.85. The maximum absolute atomic E-state index is 12.7. The van der Waals surface area contributed by atoms with E-state index in [4.69, 9.17) is 4.74 Å². The number of ether oxygens (including phenoxy) is 1. The number of benzene rings is 2. The Morgan fingerprint density at radius 3 is 2.38 bits per heavy atom. The molecule has 0 unspecified atom stereocenters. The van der Waals surface area contributed by atoms with E-state index >= 15 is 0 Å². The van der Waals surface area contributed by atoms with E-state index in [9.17, 15) is 4.79 Å². The quantitative estimate of drug-likeness (QED) is 0.524. The van der Waals surface area contributed by atoms with E-state index in [0.717, 1.165) is 53.5 Å². The molecule has 0 N–H and O–H groups in total. The third-order valence-electron chi connectivity index (χ3n) is 5.87. The first-order valence-electron chi connectivity index (χ1n) is 11.2. The first-order valence-corrected chi connectivity index (χ1v) is 11.2. The van der Waals surface area contributed by atoms with Gasteiger partial charge in [0.1, 0.15) is 17.9 Å². The van der Waals surface area contributed by atoms with Crippen molar-refractivity contribution in [3.05, 3.63) is 72.1 Å². The van der Waals surface area contributed by atoms with Crippen LogP contribution in [-0.4, -0.2) is 53.6 Å². The summed E-state index contributed by atoms with van der Waals surface area (Å²) in [6, 6.07) is 18.3. The third-order valence-corrected chi connectivity index (χ3v) is 5.87. The van der Waals surface area contributed by atoms with Crippen LogP contribution in [0.15, 0.2) is 60.9 Å². The number of aryl methyl sites for hydroxylation is 2. The van der Waals surface area contributed by atoms with Crippen LogP contribution in [0.25, 0.3) is 11.3 Å². The Morgan fingerprint density at radius 1 is 0.938 bits per heavy atom. The summed E-state index contributed by atoms with van der Waals surface area (Å²) in [5.41, 5.74) is 4.26. The van der Waals surface area contributed by atoms with E-state index in [1.54, 1.807) is 6.33 Å². The minimum Gasteiger partial charge on any atom is -0.493 e. The van der Waals surface area contributed by atoms with Gasteiger partial charge in [0, 0.05) is 44.2 Å². The molecular weight excluding hydrogens is 400 g/mol. The minimum absolute atomic E-state index is 0.197. The van der Waals surface area contributed by atoms with Gasteiger partial charge >= 0.3 is 0 Å². The van der Waals surface area contributed by atoms with Crippen molar-refractivity contribution >= 4 is 11.7 Å². The Hall–Kier alpha value is -3.41. The lowest BCUT2D eigenvalue weighted by Crippen LogP contribution is -2.49. The summed E-state index contributed by atoms with van der Waals surface area (Å²) in [7, 11) is 0. The van der Waals surface area contributed by atoms with Crippen LogP contribution >= 0.6 is 0 Å². The fourth-order valence-electron chi connectivity index (χ4n) is 4.05. The molecule has 3 aromatic rings. The first-order chi connectivity index (χ1) is 15.6. The normalized spacial score (nSPS) is 13.8. The monoisotopic (exact) mass is 430 g/mol. The molecule has 0 radical (unpaired) electrons. The fourth-order valence-corrected chi connectivity index (χ4v) is 4.05. The van der Waals surface area contributed by atoms with E-state index in [1.807, 2.05) is 73.3 Å². The van der Waals surface area contributed by atoms with Crippen molar-refractivity contribution in [1.82, 2.24) is 14.9 Å². The molecule has 4 rings (SSSR count). The van der Waals surface area contributed by atoms with Gasteiger partial charge < -0.3 is 14.5 Å². The Morgan fingerprint density at radius 2 is 1.66 bits per heavy atom. The average molecular weight is 431 g/mol. The zero-order valence-electron chi connectivity index (χ0n) is 18.8. The van der Waals surface area contributed by atoms with Gasteiger partial charge in [0.2, 0.25) is 5.91 Å². The lowest BCUT2D eigenvalue weighted by molar-refractivity contribution is -0.131. The molecular formula is C26H30N4O2. The molecule has 166 valence electrons. The van der Waals surface area contributed by atoms with Crippen LogP contribution in [-0.2, 0) is 4.79 Å². The molecule has 0 saturated carbocycles. The molecule has 1 saturated heterocycles. The molecule has 0 atom stereocenters. The number of nitrogens with zero attached hydrogens (tertiary/aromatic N) is 4. The van der Waals surface area contributed by atoms with Gasteiger partial charge in [0.05, 0.1) is 12.3 Å². The largest absolute Gasteiger partial charge is 0.493 e. The van der Waals surface area contributed by atoms with Gasteiger partial charge in [-0.05, 0) is 31.4 Å². The average Bonchev–Trinajstić information content (AvgIpc) is 2.84. The molecule has 1 aromatic heterocycles. The highest BCUT2D eigenvalue weighted by molar-refractivity contribution is 5.76. The molecule has 2 aromatic carbocycles. The first kappa shape index (κ1) is 21.8. The van der Waals surface area contributed by atoms with Crippen molar-refractivity contribution in [2.45, 2.75) is 26.7 Å². The second kappa shape index (κ2) is 10.3. The maximum atomic E-state index is 12.7. The van der Waals surface area contributed by atoms with Gasteiger partial charge in [-0.25, -0.2) is 9.97 Å². The number of carbonyl (C=O) groups is 1. The van der Waals surface area contributed by atoms with Gasteiger partial charge in [0.25, 0.3) is 0 Å². The Balaban J connectivity index is 1.24. The SMILES string of the molecule is Cc1cccc(C)c1OCCCC(=O)N1CCN(c2cc(-c3ccccc3)ncn2)CC1. The van der Waals surface area contributed by atoms with Crippen LogP contribution in [0, 0.1) is 13.8 Å². The lowest BCUT2D eigenvalue weighted by atomic mass is 10.1. The summed E-state index contributed by atoms with van der Waals surface area (Å²) in [6.45, 7) is 7.62. The summed E-state index contributed by atoms with van der Waals surface area (Å²) >= 11 is 0. The topological polar surface area (TPSA) is 58.6 Å². The van der Waals surface area contributed by atoms with Crippen molar-refractivity contribution < 1.29 is 9.53 Å². The van der Waals surface area contributed by atoms with Crippen LogP contribution in [0.2, 0.25) is 0 Å². The molecule has 1 aliphatic rings. The van der Waals surface area contributed by atoms with E-state index < -0.39 is 0 Å². The summed E-state index contributed by atoms with van der Waals surface area (Å²) in [4.78, 5) is 25.7. The van der Waals surface area contributed by atoms with Gasteiger partial charge in [-0.2, -0.15) is 0 Å². The van der Waals surface area contributed by atoms with Gasteiger partial charge in [-0.15, -0.1) is 0 Å². The predicted octanol–water partition coefficient (Wildman–Crippen LogP) is 4.27. The number of carbonyl (C=O) groups excluding carboxylic acids is 1. The van der Waals surface area contributed by atoms with Gasteiger partial charge in [-0.1, -0.05) is 48.5 Å². The summed E-state index contributed by atoms with van der Waals surface area (Å²) in [5, 5.41) is 0. The van der Waals surface area contributed by atoms with Crippen LogP contribution in [0.3, 0.4) is 0 Å². The predicted molar refractivity (Wildman–Crippen MR) is 127 cm³/mol. The molecule has 0 bridgehead atoms. The fraction of sp³-hybridized carbons (Fsp3) is 0.346. The second-order valence-electron chi connectivity index (χ2n) is 8.17. The number of hydrogen-bond acceptors (Lipinski definition) is 5. The molecule has 6 heteroatoms. The number of hydrogen-bond donors (Lipinski definition) is 0. The van der Waals surface area contributed by atoms with Crippen molar-refractivity contribution in [2.24, 2.45) is 0 Å². The molecule has 32 heavy (non-hydrogen) atoms. The number of aromatic nitrogens is 2. The molecule has 2 heterocycles. The highest BCUT2D eigenvalue weighted by atomic mass is 16.5. The zero-order valence-corrected chi connectivity index (χ0v) is 18.8. The Bertz CT molecular complexity index is 1030. The van der Waals surface area contributed by atoms with Crippen molar-refractivity contribution in [3.8, 4) is 17.0 Å².